The molecule has 0 aliphatic rings. The second kappa shape index (κ2) is 4.97. The van der Waals surface area contributed by atoms with E-state index in [0.29, 0.717) is 5.84 Å². The summed E-state index contributed by atoms with van der Waals surface area (Å²) in [7, 11) is 1.63. The first-order valence-corrected chi connectivity index (χ1v) is 5.23. The molecule has 1 aromatic rings. The van der Waals surface area contributed by atoms with Gasteiger partial charge in [-0.1, -0.05) is 0 Å². The fraction of sp³-hybridized carbons (Fsp3) is 0.444. The maximum absolute atomic E-state index is 5.41. The van der Waals surface area contributed by atoms with E-state index in [-0.39, 0.29) is 6.04 Å². The smallest absolute Gasteiger partial charge is 0.156 e. The third-order valence-corrected chi connectivity index (χ3v) is 2.49. The second-order valence-corrected chi connectivity index (χ2v) is 3.95. The predicted molar refractivity (Wildman–Crippen MR) is 59.9 cm³/mol. The summed E-state index contributed by atoms with van der Waals surface area (Å²) >= 11 is 1.55. The number of thiophene rings is 1. The molecule has 0 bridgehead atoms. The van der Waals surface area contributed by atoms with Crippen molar-refractivity contribution in [1.82, 2.24) is 5.43 Å². The van der Waals surface area contributed by atoms with Crippen molar-refractivity contribution in [2.75, 3.05) is 7.11 Å². The average Bonchev–Trinajstić information content (AvgIpc) is 2.61. The van der Waals surface area contributed by atoms with Gasteiger partial charge in [-0.25, -0.2) is 5.84 Å². The first-order chi connectivity index (χ1) is 6.69. The van der Waals surface area contributed by atoms with Crippen LogP contribution in [0.1, 0.15) is 18.7 Å². The Balaban J connectivity index is 3.00. The van der Waals surface area contributed by atoms with Crippen LogP contribution in [0.25, 0.3) is 0 Å². The number of rotatable bonds is 3. The van der Waals surface area contributed by atoms with Crippen LogP contribution in [0.5, 0.6) is 5.75 Å². The molecule has 0 amide bonds. The Hall–Kier alpha value is -1.07. The second-order valence-electron chi connectivity index (χ2n) is 3.03. The molecule has 0 radical (unpaired) electrons. The summed E-state index contributed by atoms with van der Waals surface area (Å²) < 4.78 is 5.18. The molecule has 3 N–H and O–H groups in total. The Morgan fingerprint density at radius 3 is 2.86 bits per heavy atom. The van der Waals surface area contributed by atoms with Crippen LogP contribution >= 0.6 is 11.3 Å². The van der Waals surface area contributed by atoms with Gasteiger partial charge in [-0.15, -0.1) is 11.3 Å². The van der Waals surface area contributed by atoms with Crippen molar-refractivity contribution >= 4 is 17.2 Å². The van der Waals surface area contributed by atoms with Crippen molar-refractivity contribution in [1.29, 1.82) is 0 Å². The van der Waals surface area contributed by atoms with Crippen LogP contribution in [0.15, 0.2) is 16.4 Å². The third kappa shape index (κ3) is 2.46. The first kappa shape index (κ1) is 11.0. The normalized spacial score (nSPS) is 11.9. The zero-order valence-electron chi connectivity index (χ0n) is 8.57. The average molecular weight is 213 g/mol. The van der Waals surface area contributed by atoms with E-state index in [4.69, 9.17) is 10.6 Å². The van der Waals surface area contributed by atoms with Gasteiger partial charge < -0.3 is 10.2 Å². The van der Waals surface area contributed by atoms with Gasteiger partial charge in [0.1, 0.15) is 10.6 Å². The summed E-state index contributed by atoms with van der Waals surface area (Å²) in [5.74, 6) is 6.88. The summed E-state index contributed by atoms with van der Waals surface area (Å²) in [4.78, 5) is 5.29. The number of nitrogens with one attached hydrogen (secondary N) is 1. The molecule has 14 heavy (non-hydrogen) atoms. The van der Waals surface area contributed by atoms with E-state index in [1.807, 2.05) is 25.3 Å². The number of ether oxygens (including phenoxy) is 1. The summed E-state index contributed by atoms with van der Waals surface area (Å²) in [6.45, 7) is 3.99. The van der Waals surface area contributed by atoms with Crippen molar-refractivity contribution in [2.24, 2.45) is 10.8 Å². The number of hydrogen-bond donors (Lipinski definition) is 2. The van der Waals surface area contributed by atoms with E-state index >= 15 is 0 Å². The van der Waals surface area contributed by atoms with Crippen LogP contribution in [-0.2, 0) is 0 Å². The van der Waals surface area contributed by atoms with Crippen molar-refractivity contribution in [2.45, 2.75) is 19.9 Å². The lowest BCUT2D eigenvalue weighted by Crippen LogP contribution is -2.31. The van der Waals surface area contributed by atoms with Crippen LogP contribution in [0.2, 0.25) is 0 Å². The fourth-order valence-electron chi connectivity index (χ4n) is 1.05. The van der Waals surface area contributed by atoms with Gasteiger partial charge in [-0.2, -0.15) is 0 Å². The molecule has 0 saturated heterocycles. The number of nitrogens with two attached hydrogens (primary N) is 1. The molecule has 0 fully saturated rings. The first-order valence-electron chi connectivity index (χ1n) is 4.35. The Morgan fingerprint density at radius 1 is 1.64 bits per heavy atom. The molecule has 0 unspecified atom stereocenters. The van der Waals surface area contributed by atoms with E-state index in [9.17, 15) is 0 Å². The minimum atomic E-state index is 0.202. The monoisotopic (exact) mass is 213 g/mol. The van der Waals surface area contributed by atoms with Crippen LogP contribution in [-0.4, -0.2) is 19.0 Å². The Morgan fingerprint density at radius 2 is 2.36 bits per heavy atom. The van der Waals surface area contributed by atoms with Crippen LogP contribution < -0.4 is 16.0 Å². The molecular formula is C9H15N3OS. The molecule has 0 aliphatic heterocycles. The van der Waals surface area contributed by atoms with Gasteiger partial charge in [0.25, 0.3) is 0 Å². The van der Waals surface area contributed by atoms with Crippen molar-refractivity contribution < 1.29 is 4.74 Å². The van der Waals surface area contributed by atoms with E-state index < -0.39 is 0 Å². The molecule has 0 aromatic carbocycles. The number of methoxy groups -OCH3 is 1. The van der Waals surface area contributed by atoms with E-state index in [0.717, 1.165) is 10.6 Å². The molecule has 78 valence electrons. The Bertz CT molecular complexity index is 320. The van der Waals surface area contributed by atoms with Crippen LogP contribution in [0.4, 0.5) is 0 Å². The van der Waals surface area contributed by atoms with E-state index in [1.54, 1.807) is 18.4 Å². The summed E-state index contributed by atoms with van der Waals surface area (Å²) in [6, 6.07) is 2.10. The van der Waals surface area contributed by atoms with Crippen molar-refractivity contribution in [3.8, 4) is 5.75 Å². The lowest BCUT2D eigenvalue weighted by molar-refractivity contribution is 0.415. The highest BCUT2D eigenvalue weighted by atomic mass is 32.1. The van der Waals surface area contributed by atoms with Crippen LogP contribution in [0, 0.1) is 0 Å². The molecule has 0 saturated carbocycles. The summed E-state index contributed by atoms with van der Waals surface area (Å²) in [5.41, 5.74) is 2.59. The van der Waals surface area contributed by atoms with Gasteiger partial charge in [-0.05, 0) is 25.3 Å². The molecule has 4 nitrogen and oxygen atoms in total. The minimum Gasteiger partial charge on any atom is -0.495 e. The Kier molecular flexibility index (Phi) is 3.91. The van der Waals surface area contributed by atoms with Crippen LogP contribution in [0.3, 0.4) is 0 Å². The maximum Gasteiger partial charge on any atom is 0.156 e. The lowest BCUT2D eigenvalue weighted by atomic mass is 10.3. The van der Waals surface area contributed by atoms with Crippen molar-refractivity contribution in [3.05, 3.63) is 16.3 Å². The van der Waals surface area contributed by atoms with Gasteiger partial charge in [0.2, 0.25) is 0 Å². The Labute approximate surface area is 87.8 Å². The molecule has 5 heteroatoms. The van der Waals surface area contributed by atoms with Gasteiger partial charge in [0, 0.05) is 6.04 Å². The zero-order valence-corrected chi connectivity index (χ0v) is 9.39. The van der Waals surface area contributed by atoms with Gasteiger partial charge in [0.05, 0.1) is 7.11 Å². The third-order valence-electron chi connectivity index (χ3n) is 1.59. The molecule has 0 spiro atoms. The van der Waals surface area contributed by atoms with E-state index in [2.05, 4.69) is 10.4 Å². The SMILES string of the molecule is COc1ccsc1C(=NC(C)C)NN. The molecule has 1 heterocycles. The number of nitrogens with zero attached hydrogens (tertiary/aromatic N) is 1. The number of amidine groups is 1. The fourth-order valence-corrected chi connectivity index (χ4v) is 1.87. The van der Waals surface area contributed by atoms with Crippen molar-refractivity contribution in [3.63, 3.8) is 0 Å². The standard InChI is InChI=1S/C9H15N3OS/c1-6(2)11-9(12-10)8-7(13-3)4-5-14-8/h4-6H,10H2,1-3H3,(H,11,12). The molecular weight excluding hydrogens is 198 g/mol. The molecule has 0 aliphatic carbocycles. The molecule has 1 rings (SSSR count). The van der Waals surface area contributed by atoms with Gasteiger partial charge in [-0.3, -0.25) is 4.99 Å². The molecule has 1 aromatic heterocycles. The number of hydrazine groups is 1. The van der Waals surface area contributed by atoms with E-state index in [1.165, 1.54) is 0 Å². The van der Waals surface area contributed by atoms with Gasteiger partial charge >= 0.3 is 0 Å². The zero-order chi connectivity index (χ0) is 10.6. The quantitative estimate of drug-likeness (QED) is 0.345. The molecule has 0 atom stereocenters. The number of hydrogen-bond acceptors (Lipinski definition) is 4. The highest BCUT2D eigenvalue weighted by Crippen LogP contribution is 2.24. The number of aliphatic imine (C=N–C) groups is 1. The highest BCUT2D eigenvalue weighted by Gasteiger charge is 2.10. The topological polar surface area (TPSA) is 59.6 Å². The summed E-state index contributed by atoms with van der Waals surface area (Å²) in [6.07, 6.45) is 0. The summed E-state index contributed by atoms with van der Waals surface area (Å²) in [5, 5.41) is 1.95. The highest BCUT2D eigenvalue weighted by molar-refractivity contribution is 7.12. The minimum absolute atomic E-state index is 0.202. The maximum atomic E-state index is 5.41. The predicted octanol–water partition coefficient (Wildman–Crippen LogP) is 1.38. The largest absolute Gasteiger partial charge is 0.495 e. The lowest BCUT2D eigenvalue weighted by Gasteiger charge is -2.07. The van der Waals surface area contributed by atoms with Gasteiger partial charge in [0.15, 0.2) is 5.84 Å².